The minimum absolute atomic E-state index is 0.0306. The minimum atomic E-state index is -2.72. The average molecular weight is 717 g/mol. The van der Waals surface area contributed by atoms with Gasteiger partial charge in [0.25, 0.3) is 11.8 Å². The Hall–Kier alpha value is -4.55. The molecule has 6 atom stereocenters. The van der Waals surface area contributed by atoms with Crippen molar-refractivity contribution in [3.05, 3.63) is 106 Å². The summed E-state index contributed by atoms with van der Waals surface area (Å²) in [7, 11) is 0. The standard InChI is InChI=1S/C35H23Cl2F5N2O5/c1-3-15-7-9-16(10-8-15)43-30(46)18-12-11-17-20(21(18)31(43)47)13-34(36)32(48)44(28-26(41)24(39)23(38)25(40)27(28)42)33(49)35(34,37)22(17)19-6-4-5-14(2)29(19)45/h3-11,18,20-22,45H,1,12-13H2,2H3. The van der Waals surface area contributed by atoms with Gasteiger partial charge in [-0.15, -0.1) is 23.2 Å². The molecule has 14 heteroatoms. The second-order valence-electron chi connectivity index (χ2n) is 12.5. The number of carbonyl (C=O) groups excluding carboxylic acids is 4. The first kappa shape index (κ1) is 33.0. The molecule has 2 heterocycles. The fraction of sp³-hybridized carbons (Fsp3) is 0.257. The molecule has 2 saturated heterocycles. The smallest absolute Gasteiger partial charge is 0.258 e. The first-order chi connectivity index (χ1) is 23.1. The molecule has 6 unspecified atom stereocenters. The third kappa shape index (κ3) is 4.13. The van der Waals surface area contributed by atoms with Gasteiger partial charge in [-0.05, 0) is 48.9 Å². The molecular weight excluding hydrogens is 694 g/mol. The number of aromatic hydroxyl groups is 1. The Bertz CT molecular complexity index is 2060. The summed E-state index contributed by atoms with van der Waals surface area (Å²) >= 11 is 14.2. The largest absolute Gasteiger partial charge is 0.507 e. The van der Waals surface area contributed by atoms with Gasteiger partial charge >= 0.3 is 0 Å². The van der Waals surface area contributed by atoms with E-state index in [-0.39, 0.29) is 33.9 Å². The molecule has 3 fully saturated rings. The van der Waals surface area contributed by atoms with E-state index in [0.717, 1.165) is 10.5 Å². The van der Waals surface area contributed by atoms with E-state index in [0.29, 0.717) is 5.56 Å². The summed E-state index contributed by atoms with van der Waals surface area (Å²) in [4.78, 5) is 51.9. The Balaban J connectivity index is 1.43. The first-order valence-corrected chi connectivity index (χ1v) is 15.7. The van der Waals surface area contributed by atoms with Crippen molar-refractivity contribution in [3.8, 4) is 5.75 Å². The average Bonchev–Trinajstić information content (AvgIpc) is 3.42. The Morgan fingerprint density at radius 2 is 1.45 bits per heavy atom. The first-order valence-electron chi connectivity index (χ1n) is 15.0. The normalized spacial score (nSPS) is 29.2. The molecule has 7 nitrogen and oxygen atoms in total. The number of benzene rings is 3. The Kier molecular flexibility index (Phi) is 7.39. The van der Waals surface area contributed by atoms with Crippen molar-refractivity contribution in [1.29, 1.82) is 0 Å². The molecule has 0 spiro atoms. The molecule has 0 bridgehead atoms. The summed E-state index contributed by atoms with van der Waals surface area (Å²) in [6.07, 6.45) is 2.46. The van der Waals surface area contributed by atoms with Crippen LogP contribution in [0.5, 0.6) is 5.75 Å². The van der Waals surface area contributed by atoms with Crippen molar-refractivity contribution in [3.63, 3.8) is 0 Å². The van der Waals surface area contributed by atoms with Crippen LogP contribution in [0.1, 0.15) is 35.4 Å². The number of rotatable bonds is 4. The van der Waals surface area contributed by atoms with Crippen LogP contribution in [0.15, 0.2) is 60.7 Å². The van der Waals surface area contributed by atoms with Crippen LogP contribution in [0.3, 0.4) is 0 Å². The van der Waals surface area contributed by atoms with Crippen LogP contribution in [-0.2, 0) is 19.2 Å². The second-order valence-corrected chi connectivity index (χ2v) is 13.8. The van der Waals surface area contributed by atoms with E-state index < -0.39 is 98.2 Å². The fourth-order valence-electron chi connectivity index (χ4n) is 7.84. The van der Waals surface area contributed by atoms with E-state index in [1.165, 1.54) is 25.1 Å². The zero-order valence-corrected chi connectivity index (χ0v) is 26.8. The highest BCUT2D eigenvalue weighted by atomic mass is 35.5. The molecule has 0 radical (unpaired) electrons. The number of alkyl halides is 2. The van der Waals surface area contributed by atoms with Gasteiger partial charge in [-0.2, -0.15) is 0 Å². The fourth-order valence-corrected chi connectivity index (χ4v) is 8.77. The van der Waals surface area contributed by atoms with Crippen molar-refractivity contribution >= 4 is 64.3 Å². The Morgan fingerprint density at radius 3 is 2.06 bits per heavy atom. The van der Waals surface area contributed by atoms with E-state index in [2.05, 4.69) is 6.58 Å². The van der Waals surface area contributed by atoms with E-state index in [1.807, 2.05) is 0 Å². The molecular formula is C35H23Cl2F5N2O5. The topological polar surface area (TPSA) is 95.0 Å². The number of hydrogen-bond acceptors (Lipinski definition) is 5. The molecule has 2 aliphatic heterocycles. The number of nitrogens with zero attached hydrogens (tertiary/aromatic N) is 2. The van der Waals surface area contributed by atoms with Crippen LogP contribution >= 0.6 is 23.2 Å². The Morgan fingerprint density at radius 1 is 0.837 bits per heavy atom. The molecule has 49 heavy (non-hydrogen) atoms. The number of carbonyl (C=O) groups is 4. The van der Waals surface area contributed by atoms with Crippen molar-refractivity contribution in [1.82, 2.24) is 0 Å². The van der Waals surface area contributed by atoms with Crippen LogP contribution in [0, 0.1) is 53.8 Å². The van der Waals surface area contributed by atoms with Gasteiger partial charge in [0.05, 0.1) is 17.5 Å². The third-order valence-electron chi connectivity index (χ3n) is 10.2. The van der Waals surface area contributed by atoms with Crippen LogP contribution in [0.2, 0.25) is 0 Å². The Labute approximate surface area is 285 Å². The highest BCUT2D eigenvalue weighted by Gasteiger charge is 2.77. The molecule has 3 aromatic rings. The lowest BCUT2D eigenvalue weighted by Gasteiger charge is -2.50. The van der Waals surface area contributed by atoms with Crippen molar-refractivity contribution < 1.29 is 46.2 Å². The monoisotopic (exact) mass is 716 g/mol. The van der Waals surface area contributed by atoms with Gasteiger partial charge in [-0.25, -0.2) is 26.9 Å². The second kappa shape index (κ2) is 11.0. The number of halogens is 7. The van der Waals surface area contributed by atoms with Gasteiger partial charge < -0.3 is 5.11 Å². The third-order valence-corrected chi connectivity index (χ3v) is 11.6. The predicted octanol–water partition coefficient (Wildman–Crippen LogP) is 6.81. The van der Waals surface area contributed by atoms with Gasteiger partial charge in [0.1, 0.15) is 11.4 Å². The lowest BCUT2D eigenvalue weighted by atomic mass is 9.56. The number of anilines is 2. The number of phenolic OH excluding ortho intramolecular Hbond substituents is 1. The molecule has 1 N–H and O–H groups in total. The summed E-state index contributed by atoms with van der Waals surface area (Å²) in [6.45, 7) is 5.21. The lowest BCUT2D eigenvalue weighted by Crippen LogP contribution is -2.60. The highest BCUT2D eigenvalue weighted by Crippen LogP contribution is 2.67. The van der Waals surface area contributed by atoms with Gasteiger partial charge in [-0.1, -0.05) is 54.6 Å². The summed E-state index contributed by atoms with van der Waals surface area (Å²) < 4.78 is 73.2. The zero-order chi connectivity index (χ0) is 35.5. The summed E-state index contributed by atoms with van der Waals surface area (Å²) in [5.41, 5.74) is -0.407. The molecule has 4 amide bonds. The number of allylic oxidation sites excluding steroid dienone is 2. The van der Waals surface area contributed by atoms with E-state index in [4.69, 9.17) is 23.2 Å². The SMILES string of the molecule is C=Cc1ccc(N2C(=O)C3CC=C4C(CC5(Cl)C(=O)N(c6c(F)c(F)c(F)c(F)c6F)C(=O)C5(Cl)C4c4cccc(C)c4O)C3C2=O)cc1. The summed E-state index contributed by atoms with van der Waals surface area (Å²) in [5, 5.41) is 11.3. The van der Waals surface area contributed by atoms with Crippen molar-refractivity contribution in [2.24, 2.45) is 17.8 Å². The lowest BCUT2D eigenvalue weighted by molar-refractivity contribution is -0.125. The van der Waals surface area contributed by atoms with Gasteiger partial charge in [0, 0.05) is 11.5 Å². The van der Waals surface area contributed by atoms with E-state index >= 15 is 8.78 Å². The minimum Gasteiger partial charge on any atom is -0.507 e. The number of phenols is 1. The number of hydrogen-bond donors (Lipinski definition) is 1. The van der Waals surface area contributed by atoms with Gasteiger partial charge in [-0.3, -0.25) is 24.1 Å². The molecule has 2 aliphatic carbocycles. The number of amides is 4. The maximum atomic E-state index is 15.2. The molecule has 7 rings (SSSR count). The highest BCUT2D eigenvalue weighted by molar-refractivity contribution is 6.58. The molecule has 0 aromatic heterocycles. The van der Waals surface area contributed by atoms with Crippen LogP contribution in [-0.4, -0.2) is 38.5 Å². The number of fused-ring (bicyclic) bond motifs is 4. The molecule has 1 saturated carbocycles. The maximum Gasteiger partial charge on any atom is 0.258 e. The van der Waals surface area contributed by atoms with E-state index in [1.54, 1.807) is 36.4 Å². The number of aryl methyl sites for hydroxylation is 1. The molecule has 4 aliphatic rings. The van der Waals surface area contributed by atoms with Crippen LogP contribution in [0.25, 0.3) is 6.08 Å². The van der Waals surface area contributed by atoms with Crippen LogP contribution < -0.4 is 9.80 Å². The number of imide groups is 2. The molecule has 3 aromatic carbocycles. The quantitative estimate of drug-likeness (QED) is 0.0800. The van der Waals surface area contributed by atoms with Gasteiger partial charge in [0.15, 0.2) is 33.0 Å². The van der Waals surface area contributed by atoms with Crippen molar-refractivity contribution in [2.75, 3.05) is 9.80 Å². The van der Waals surface area contributed by atoms with Crippen LogP contribution in [0.4, 0.5) is 33.3 Å². The van der Waals surface area contributed by atoms with E-state index in [9.17, 15) is 37.5 Å². The molecule has 252 valence electrons. The summed E-state index contributed by atoms with van der Waals surface area (Å²) in [6, 6.07) is 10.8. The number of para-hydroxylation sites is 1. The zero-order valence-electron chi connectivity index (χ0n) is 25.2. The van der Waals surface area contributed by atoms with Gasteiger partial charge in [0.2, 0.25) is 17.6 Å². The maximum absolute atomic E-state index is 15.2. The van der Waals surface area contributed by atoms with Crippen molar-refractivity contribution in [2.45, 2.75) is 35.4 Å². The summed E-state index contributed by atoms with van der Waals surface area (Å²) in [5.74, 6) is -21.9. The predicted molar refractivity (Wildman–Crippen MR) is 168 cm³/mol.